The summed E-state index contributed by atoms with van der Waals surface area (Å²) in [5.74, 6) is 0.781. The Hall–Kier alpha value is -0.410. The number of aliphatic hydroxyl groups excluding tert-OH is 2. The molecule has 4 unspecified atom stereocenters. The van der Waals surface area contributed by atoms with Crippen LogP contribution in [0.3, 0.4) is 0 Å². The second-order valence-electron chi connectivity index (χ2n) is 5.27. The van der Waals surface area contributed by atoms with Gasteiger partial charge in [0.05, 0.1) is 6.10 Å². The smallest absolute Gasteiger partial charge is 0.139 e. The van der Waals surface area contributed by atoms with Crippen molar-refractivity contribution in [3.8, 4) is 0 Å². The molecule has 0 aromatic rings. The second-order valence-corrected chi connectivity index (χ2v) is 5.27. The first-order chi connectivity index (χ1) is 7.09. The normalized spacial score (nSPS) is 45.5. The van der Waals surface area contributed by atoms with Crippen molar-refractivity contribution in [2.45, 2.75) is 45.1 Å². The van der Waals surface area contributed by atoms with E-state index in [2.05, 4.69) is 0 Å². The molecule has 2 aliphatic carbocycles. The molecule has 15 heavy (non-hydrogen) atoms. The molecule has 2 N–H and O–H groups in total. The van der Waals surface area contributed by atoms with Crippen molar-refractivity contribution in [2.75, 3.05) is 6.61 Å². The zero-order valence-electron chi connectivity index (χ0n) is 9.28. The van der Waals surface area contributed by atoms with Gasteiger partial charge in [-0.1, -0.05) is 6.92 Å². The maximum Gasteiger partial charge on any atom is 0.139 e. The zero-order chi connectivity index (χ0) is 11.1. The Kier molecular flexibility index (Phi) is 2.86. The first kappa shape index (κ1) is 11.1. The highest BCUT2D eigenvalue weighted by atomic mass is 16.3. The fourth-order valence-electron chi connectivity index (χ4n) is 3.58. The van der Waals surface area contributed by atoms with Crippen molar-refractivity contribution in [1.82, 2.24) is 0 Å². The standard InChI is InChI=1S/C12H20O3/c1-12-6-4-10(14)8(5-7-13)9(12)2-3-11(12)15/h8-10,13-14H,2-7H2,1H3. The van der Waals surface area contributed by atoms with Crippen molar-refractivity contribution < 1.29 is 15.0 Å². The molecule has 0 spiro atoms. The predicted octanol–water partition coefficient (Wildman–Crippen LogP) is 1.13. The second kappa shape index (κ2) is 3.87. The van der Waals surface area contributed by atoms with Gasteiger partial charge in [-0.15, -0.1) is 0 Å². The van der Waals surface area contributed by atoms with Crippen LogP contribution in [0.25, 0.3) is 0 Å². The quantitative estimate of drug-likeness (QED) is 0.721. The SMILES string of the molecule is CC12CCC(O)C(CCO)C1CCC2=O. The lowest BCUT2D eigenvalue weighted by Gasteiger charge is -2.43. The maximum absolute atomic E-state index is 11.8. The fraction of sp³-hybridized carbons (Fsp3) is 0.917. The first-order valence-corrected chi connectivity index (χ1v) is 5.92. The molecule has 2 fully saturated rings. The molecule has 0 radical (unpaired) electrons. The molecule has 2 aliphatic rings. The van der Waals surface area contributed by atoms with Crippen LogP contribution < -0.4 is 0 Å². The van der Waals surface area contributed by atoms with Crippen LogP contribution in [0, 0.1) is 17.3 Å². The molecule has 0 aliphatic heterocycles. The van der Waals surface area contributed by atoms with Crippen molar-refractivity contribution in [3.05, 3.63) is 0 Å². The van der Waals surface area contributed by atoms with Crippen LogP contribution in [0.2, 0.25) is 0 Å². The number of hydrogen-bond donors (Lipinski definition) is 2. The molecule has 2 saturated carbocycles. The highest BCUT2D eigenvalue weighted by molar-refractivity contribution is 5.87. The average Bonchev–Trinajstić information content (AvgIpc) is 2.50. The molecule has 0 saturated heterocycles. The lowest BCUT2D eigenvalue weighted by molar-refractivity contribution is -0.132. The molecule has 0 bridgehead atoms. The minimum absolute atomic E-state index is 0.114. The van der Waals surface area contributed by atoms with Crippen LogP contribution in [0.1, 0.15) is 39.0 Å². The molecule has 4 atom stereocenters. The molecule has 3 heteroatoms. The van der Waals surface area contributed by atoms with E-state index in [1.54, 1.807) is 0 Å². The van der Waals surface area contributed by atoms with Gasteiger partial charge in [0.25, 0.3) is 0 Å². The van der Waals surface area contributed by atoms with Crippen molar-refractivity contribution in [2.24, 2.45) is 17.3 Å². The van der Waals surface area contributed by atoms with Gasteiger partial charge in [0, 0.05) is 18.4 Å². The Morgan fingerprint density at radius 1 is 1.47 bits per heavy atom. The summed E-state index contributed by atoms with van der Waals surface area (Å²) < 4.78 is 0. The minimum Gasteiger partial charge on any atom is -0.396 e. The Morgan fingerprint density at radius 2 is 2.20 bits per heavy atom. The van der Waals surface area contributed by atoms with Crippen LogP contribution in [0.4, 0.5) is 0 Å². The summed E-state index contributed by atoms with van der Waals surface area (Å²) in [5.41, 5.74) is -0.209. The summed E-state index contributed by atoms with van der Waals surface area (Å²) in [6, 6.07) is 0. The number of aliphatic hydroxyl groups is 2. The van der Waals surface area contributed by atoms with Gasteiger partial charge in [-0.05, 0) is 37.5 Å². The van der Waals surface area contributed by atoms with Gasteiger partial charge >= 0.3 is 0 Å². The van der Waals surface area contributed by atoms with E-state index in [0.717, 1.165) is 12.8 Å². The number of rotatable bonds is 2. The van der Waals surface area contributed by atoms with Gasteiger partial charge in [0.15, 0.2) is 0 Å². The molecular formula is C12H20O3. The van der Waals surface area contributed by atoms with Crippen molar-refractivity contribution in [1.29, 1.82) is 0 Å². The Balaban J connectivity index is 2.20. The summed E-state index contributed by atoms with van der Waals surface area (Å²) in [4.78, 5) is 11.8. The third-order valence-electron chi connectivity index (χ3n) is 4.57. The van der Waals surface area contributed by atoms with Crippen LogP contribution in [0.5, 0.6) is 0 Å². The van der Waals surface area contributed by atoms with Gasteiger partial charge in [-0.2, -0.15) is 0 Å². The van der Waals surface area contributed by atoms with E-state index in [0.29, 0.717) is 31.0 Å². The number of Topliss-reactive ketones (excluding diaryl/α,β-unsaturated/α-hetero) is 1. The third kappa shape index (κ3) is 1.62. The van der Waals surface area contributed by atoms with Gasteiger partial charge in [0.1, 0.15) is 5.78 Å². The lowest BCUT2D eigenvalue weighted by Crippen LogP contribution is -2.44. The molecule has 0 aromatic carbocycles. The van der Waals surface area contributed by atoms with E-state index >= 15 is 0 Å². The minimum atomic E-state index is -0.318. The Morgan fingerprint density at radius 3 is 2.87 bits per heavy atom. The zero-order valence-corrected chi connectivity index (χ0v) is 9.28. The average molecular weight is 212 g/mol. The number of hydrogen-bond acceptors (Lipinski definition) is 3. The number of carbonyl (C=O) groups excluding carboxylic acids is 1. The van der Waals surface area contributed by atoms with Crippen molar-refractivity contribution >= 4 is 5.78 Å². The molecule has 0 amide bonds. The third-order valence-corrected chi connectivity index (χ3v) is 4.57. The molecule has 2 rings (SSSR count). The van der Waals surface area contributed by atoms with Gasteiger partial charge in [-0.25, -0.2) is 0 Å². The molecule has 0 aromatic heterocycles. The topological polar surface area (TPSA) is 57.5 Å². The van der Waals surface area contributed by atoms with Crippen LogP contribution in [-0.2, 0) is 4.79 Å². The monoisotopic (exact) mass is 212 g/mol. The molecule has 0 heterocycles. The number of fused-ring (bicyclic) bond motifs is 1. The van der Waals surface area contributed by atoms with Crippen LogP contribution in [0.15, 0.2) is 0 Å². The first-order valence-electron chi connectivity index (χ1n) is 5.92. The Bertz CT molecular complexity index is 264. The van der Waals surface area contributed by atoms with E-state index in [4.69, 9.17) is 5.11 Å². The Labute approximate surface area is 90.5 Å². The van der Waals surface area contributed by atoms with Gasteiger partial charge in [0.2, 0.25) is 0 Å². The number of ketones is 1. The number of carbonyl (C=O) groups is 1. The molecular weight excluding hydrogens is 192 g/mol. The summed E-state index contributed by atoms with van der Waals surface area (Å²) >= 11 is 0. The van der Waals surface area contributed by atoms with E-state index in [1.807, 2.05) is 6.92 Å². The maximum atomic E-state index is 11.8. The highest BCUT2D eigenvalue weighted by Gasteiger charge is 2.52. The van der Waals surface area contributed by atoms with E-state index in [9.17, 15) is 9.90 Å². The predicted molar refractivity (Wildman–Crippen MR) is 56.3 cm³/mol. The van der Waals surface area contributed by atoms with Gasteiger partial charge < -0.3 is 10.2 Å². The van der Waals surface area contributed by atoms with E-state index in [-0.39, 0.29) is 24.0 Å². The van der Waals surface area contributed by atoms with Crippen LogP contribution in [-0.4, -0.2) is 28.7 Å². The summed E-state index contributed by atoms with van der Waals surface area (Å²) in [7, 11) is 0. The fourth-order valence-corrected chi connectivity index (χ4v) is 3.58. The van der Waals surface area contributed by atoms with Crippen molar-refractivity contribution in [3.63, 3.8) is 0 Å². The lowest BCUT2D eigenvalue weighted by atomic mass is 9.62. The highest BCUT2D eigenvalue weighted by Crippen LogP contribution is 2.53. The summed E-state index contributed by atoms with van der Waals surface area (Å²) in [6.07, 6.45) is 3.41. The summed E-state index contributed by atoms with van der Waals surface area (Å²) in [5, 5.41) is 18.9. The molecule has 3 nitrogen and oxygen atoms in total. The van der Waals surface area contributed by atoms with Crippen LogP contribution >= 0.6 is 0 Å². The van der Waals surface area contributed by atoms with E-state index < -0.39 is 0 Å². The summed E-state index contributed by atoms with van der Waals surface area (Å²) in [6.45, 7) is 2.16. The largest absolute Gasteiger partial charge is 0.396 e. The van der Waals surface area contributed by atoms with E-state index in [1.165, 1.54) is 0 Å². The van der Waals surface area contributed by atoms with Gasteiger partial charge in [-0.3, -0.25) is 4.79 Å². The molecule has 86 valence electrons.